The number of rotatable bonds is 5. The summed E-state index contributed by atoms with van der Waals surface area (Å²) in [4.78, 5) is 25.5. The molecule has 4 rings (SSSR count). The Labute approximate surface area is 201 Å². The van der Waals surface area contributed by atoms with E-state index in [1.54, 1.807) is 12.1 Å². The van der Waals surface area contributed by atoms with E-state index in [0.717, 1.165) is 11.6 Å². The Morgan fingerprint density at radius 3 is 2.00 bits per heavy atom. The standard InChI is InChI=1S/C22H18N2O5S.Na/c23-20-17(30(27,28)29)12-16(24-11-10-13-6-2-1-3-7-13)18-19(20)22(26)15-9-5-4-8-14(15)21(18)25;/h1-9,12,24H,10-11,23H2,(H,27,28,29);/q;+1/p-1. The van der Waals surface area contributed by atoms with E-state index in [1.807, 2.05) is 30.3 Å². The van der Waals surface area contributed by atoms with Gasteiger partial charge in [-0.25, -0.2) is 8.42 Å². The third-order valence-corrected chi connectivity index (χ3v) is 5.92. The van der Waals surface area contributed by atoms with Crippen LogP contribution in [0, 0.1) is 0 Å². The van der Waals surface area contributed by atoms with Crippen molar-refractivity contribution in [2.75, 3.05) is 17.6 Å². The summed E-state index contributed by atoms with van der Waals surface area (Å²) in [6, 6.07) is 16.8. The van der Waals surface area contributed by atoms with E-state index < -0.39 is 32.3 Å². The Morgan fingerprint density at radius 2 is 1.42 bits per heavy atom. The largest absolute Gasteiger partial charge is 1.00 e. The van der Waals surface area contributed by atoms with Crippen LogP contribution in [-0.2, 0) is 16.5 Å². The first-order valence-electron chi connectivity index (χ1n) is 9.17. The third kappa shape index (κ3) is 4.30. The molecule has 0 atom stereocenters. The number of hydrogen-bond donors (Lipinski definition) is 2. The molecule has 0 radical (unpaired) electrons. The summed E-state index contributed by atoms with van der Waals surface area (Å²) in [5.74, 6) is -1.04. The van der Waals surface area contributed by atoms with Crippen molar-refractivity contribution in [3.63, 3.8) is 0 Å². The molecule has 0 amide bonds. The Bertz CT molecular complexity index is 1290. The first kappa shape index (κ1) is 23.2. The van der Waals surface area contributed by atoms with Crippen LogP contribution < -0.4 is 40.6 Å². The molecule has 9 heteroatoms. The zero-order valence-electron chi connectivity index (χ0n) is 16.7. The second-order valence-electron chi connectivity index (χ2n) is 6.91. The fraction of sp³-hybridized carbons (Fsp3) is 0.0909. The predicted molar refractivity (Wildman–Crippen MR) is 111 cm³/mol. The summed E-state index contributed by atoms with van der Waals surface area (Å²) in [6.45, 7) is 0.349. The van der Waals surface area contributed by atoms with Crippen LogP contribution in [-0.4, -0.2) is 31.1 Å². The van der Waals surface area contributed by atoms with E-state index >= 15 is 0 Å². The van der Waals surface area contributed by atoms with Crippen molar-refractivity contribution in [1.82, 2.24) is 0 Å². The predicted octanol–water partition coefficient (Wildman–Crippen LogP) is -0.393. The van der Waals surface area contributed by atoms with E-state index in [1.165, 1.54) is 12.1 Å². The molecular weight excluding hydrogens is 427 g/mol. The molecule has 0 saturated carbocycles. The first-order chi connectivity index (χ1) is 14.3. The summed E-state index contributed by atoms with van der Waals surface area (Å²) in [5, 5.41) is 3.01. The van der Waals surface area contributed by atoms with Gasteiger partial charge in [0, 0.05) is 23.4 Å². The zero-order chi connectivity index (χ0) is 21.5. The van der Waals surface area contributed by atoms with Crippen LogP contribution in [0.3, 0.4) is 0 Å². The molecular formula is C22H17N2NaO5S. The SMILES string of the molecule is Nc1c(S(=O)(=O)[O-])cc(NCCc2ccccc2)c2c1C(=O)c1ccccc1C2=O.[Na+]. The molecule has 0 spiro atoms. The quantitative estimate of drug-likeness (QED) is 0.244. The van der Waals surface area contributed by atoms with Crippen molar-refractivity contribution in [2.24, 2.45) is 0 Å². The number of nitrogens with two attached hydrogens (primary N) is 1. The zero-order valence-corrected chi connectivity index (χ0v) is 19.5. The van der Waals surface area contributed by atoms with Gasteiger partial charge in [-0.05, 0) is 18.1 Å². The molecule has 7 nitrogen and oxygen atoms in total. The molecule has 31 heavy (non-hydrogen) atoms. The number of hydrogen-bond acceptors (Lipinski definition) is 7. The van der Waals surface area contributed by atoms with Gasteiger partial charge in [-0.2, -0.15) is 0 Å². The van der Waals surface area contributed by atoms with E-state index in [0.29, 0.717) is 13.0 Å². The van der Waals surface area contributed by atoms with Gasteiger partial charge in [0.05, 0.1) is 21.7 Å². The van der Waals surface area contributed by atoms with Gasteiger partial charge in [-0.1, -0.05) is 54.6 Å². The molecule has 0 aliphatic heterocycles. The molecule has 1 aliphatic rings. The van der Waals surface area contributed by atoms with Crippen molar-refractivity contribution >= 4 is 33.1 Å². The van der Waals surface area contributed by atoms with E-state index in [9.17, 15) is 22.6 Å². The molecule has 3 aromatic rings. The average Bonchev–Trinajstić information content (AvgIpc) is 2.72. The van der Waals surface area contributed by atoms with Crippen LogP contribution in [0.2, 0.25) is 0 Å². The second kappa shape index (κ2) is 8.94. The van der Waals surface area contributed by atoms with Crippen LogP contribution in [0.1, 0.15) is 37.4 Å². The number of ketones is 2. The van der Waals surface area contributed by atoms with Crippen molar-refractivity contribution in [1.29, 1.82) is 0 Å². The van der Waals surface area contributed by atoms with Crippen molar-refractivity contribution in [2.45, 2.75) is 11.3 Å². The van der Waals surface area contributed by atoms with Gasteiger partial charge < -0.3 is 15.6 Å². The van der Waals surface area contributed by atoms with Crippen molar-refractivity contribution in [3.8, 4) is 0 Å². The minimum absolute atomic E-state index is 0. The normalized spacial score (nSPS) is 12.5. The van der Waals surface area contributed by atoms with Crippen molar-refractivity contribution in [3.05, 3.63) is 88.5 Å². The first-order valence-corrected chi connectivity index (χ1v) is 10.6. The number of anilines is 2. The number of benzene rings is 3. The van der Waals surface area contributed by atoms with Crippen LogP contribution >= 0.6 is 0 Å². The topological polar surface area (TPSA) is 129 Å². The van der Waals surface area contributed by atoms with Gasteiger partial charge >= 0.3 is 29.6 Å². The summed E-state index contributed by atoms with van der Waals surface area (Å²) >= 11 is 0. The third-order valence-electron chi connectivity index (χ3n) is 5.04. The van der Waals surface area contributed by atoms with Crippen LogP contribution in [0.25, 0.3) is 0 Å². The van der Waals surface area contributed by atoms with Crippen LogP contribution in [0.15, 0.2) is 65.6 Å². The minimum Gasteiger partial charge on any atom is -0.744 e. The van der Waals surface area contributed by atoms with Gasteiger partial charge in [-0.3, -0.25) is 9.59 Å². The molecule has 0 bridgehead atoms. The van der Waals surface area contributed by atoms with Crippen LogP contribution in [0.4, 0.5) is 11.4 Å². The number of carbonyl (C=O) groups excluding carboxylic acids is 2. The van der Waals surface area contributed by atoms with Gasteiger partial charge in [0.15, 0.2) is 11.6 Å². The molecule has 0 fully saturated rings. The molecule has 1 aliphatic carbocycles. The summed E-state index contributed by atoms with van der Waals surface area (Å²) in [6.07, 6.45) is 0.582. The minimum atomic E-state index is -4.96. The molecule has 0 saturated heterocycles. The maximum Gasteiger partial charge on any atom is 1.00 e. The second-order valence-corrected chi connectivity index (χ2v) is 8.25. The Balaban J connectivity index is 0.00000272. The fourth-order valence-electron chi connectivity index (χ4n) is 3.63. The number of nitrogen functional groups attached to an aromatic ring is 1. The Morgan fingerprint density at radius 1 is 0.871 bits per heavy atom. The fourth-order valence-corrected chi connectivity index (χ4v) is 4.26. The molecule has 3 aromatic carbocycles. The maximum atomic E-state index is 13.1. The molecule has 152 valence electrons. The average molecular weight is 444 g/mol. The Hall–Kier alpha value is -2.49. The van der Waals surface area contributed by atoms with E-state index in [-0.39, 0.29) is 57.5 Å². The van der Waals surface area contributed by atoms with Crippen LogP contribution in [0.5, 0.6) is 0 Å². The van der Waals surface area contributed by atoms with Gasteiger partial charge in [-0.15, -0.1) is 0 Å². The number of nitrogens with one attached hydrogen (secondary N) is 1. The number of fused-ring (bicyclic) bond motifs is 2. The monoisotopic (exact) mass is 444 g/mol. The molecule has 3 N–H and O–H groups in total. The van der Waals surface area contributed by atoms with Gasteiger partial charge in [0.1, 0.15) is 10.1 Å². The summed E-state index contributed by atoms with van der Waals surface area (Å²) in [5.41, 5.74) is 6.59. The Kier molecular flexibility index (Phi) is 6.68. The van der Waals surface area contributed by atoms with Gasteiger partial charge in [0.2, 0.25) is 0 Å². The number of carbonyl (C=O) groups is 2. The van der Waals surface area contributed by atoms with Gasteiger partial charge in [0.25, 0.3) is 0 Å². The molecule has 0 unspecified atom stereocenters. The maximum absolute atomic E-state index is 13.1. The smallest absolute Gasteiger partial charge is 0.744 e. The molecule has 0 heterocycles. The summed E-state index contributed by atoms with van der Waals surface area (Å²) in [7, 11) is -4.96. The molecule has 0 aromatic heterocycles. The summed E-state index contributed by atoms with van der Waals surface area (Å²) < 4.78 is 35.3. The van der Waals surface area contributed by atoms with E-state index in [2.05, 4.69) is 5.32 Å². The van der Waals surface area contributed by atoms with Crippen molar-refractivity contribution < 1.29 is 52.1 Å². The van der Waals surface area contributed by atoms with E-state index in [4.69, 9.17) is 5.73 Å².